The second-order valence-electron chi connectivity index (χ2n) is 4.97. The van der Waals surface area contributed by atoms with Crippen molar-refractivity contribution >= 4 is 23.2 Å². The smallest absolute Gasteiger partial charge is 0.335 e. The van der Waals surface area contributed by atoms with Gasteiger partial charge < -0.3 is 14.7 Å². The highest BCUT2D eigenvalue weighted by Gasteiger charge is 2.42. The van der Waals surface area contributed by atoms with E-state index in [0.717, 1.165) is 21.7 Å². The van der Waals surface area contributed by atoms with Gasteiger partial charge in [-0.2, -0.15) is 0 Å². The minimum Gasteiger partial charge on any atom is -0.479 e. The van der Waals surface area contributed by atoms with E-state index in [1.165, 1.54) is 0 Å². The summed E-state index contributed by atoms with van der Waals surface area (Å²) in [5.41, 5.74) is 0.890. The van der Waals surface area contributed by atoms with Crippen LogP contribution in [-0.2, 0) is 14.3 Å². The Morgan fingerprint density at radius 2 is 2.25 bits per heavy atom. The summed E-state index contributed by atoms with van der Waals surface area (Å²) in [6.45, 7) is 6.30. The van der Waals surface area contributed by atoms with Gasteiger partial charge in [-0.15, -0.1) is 11.3 Å². The second kappa shape index (κ2) is 5.93. The molecular formula is C14H19NO4S. The fraction of sp³-hybridized carbons (Fsp3) is 0.571. The molecule has 1 amide bonds. The van der Waals surface area contributed by atoms with Gasteiger partial charge in [0.05, 0.1) is 6.04 Å². The van der Waals surface area contributed by atoms with Gasteiger partial charge in [0.15, 0.2) is 6.10 Å². The first-order chi connectivity index (χ1) is 9.45. The van der Waals surface area contributed by atoms with Crippen LogP contribution in [0.15, 0.2) is 6.07 Å². The third-order valence-corrected chi connectivity index (χ3v) is 4.42. The predicted molar refractivity (Wildman–Crippen MR) is 75.9 cm³/mol. The zero-order chi connectivity index (χ0) is 14.9. The highest BCUT2D eigenvalue weighted by atomic mass is 32.1. The van der Waals surface area contributed by atoms with Crippen molar-refractivity contribution in [2.45, 2.75) is 39.3 Å². The molecule has 20 heavy (non-hydrogen) atoms. The van der Waals surface area contributed by atoms with Crippen molar-refractivity contribution in [3.05, 3.63) is 21.4 Å². The lowest BCUT2D eigenvalue weighted by Gasteiger charge is -2.39. The summed E-state index contributed by atoms with van der Waals surface area (Å²) in [5, 5.41) is 9.38. The van der Waals surface area contributed by atoms with E-state index in [-0.39, 0.29) is 12.5 Å². The Kier molecular flexibility index (Phi) is 4.45. The number of amides is 1. The van der Waals surface area contributed by atoms with E-state index in [1.54, 1.807) is 16.2 Å². The maximum absolute atomic E-state index is 12.1. The number of carbonyl (C=O) groups is 2. The van der Waals surface area contributed by atoms with Crippen LogP contribution in [0.25, 0.3) is 0 Å². The number of carboxylic acid groups (broad SMARTS) is 1. The maximum atomic E-state index is 12.1. The second-order valence-corrected chi connectivity index (χ2v) is 6.43. The molecule has 0 saturated carbocycles. The molecule has 0 aliphatic carbocycles. The Bertz CT molecular complexity index is 525. The van der Waals surface area contributed by atoms with Crippen LogP contribution in [0.4, 0.5) is 0 Å². The molecule has 1 aliphatic rings. The number of thiophene rings is 1. The summed E-state index contributed by atoms with van der Waals surface area (Å²) < 4.78 is 5.27. The number of hydrogen-bond acceptors (Lipinski definition) is 4. The number of hydrogen-bond donors (Lipinski definition) is 1. The van der Waals surface area contributed by atoms with Gasteiger partial charge >= 0.3 is 5.97 Å². The minimum atomic E-state index is -1.02. The fourth-order valence-corrected chi connectivity index (χ4v) is 3.61. The minimum absolute atomic E-state index is 0.141. The molecule has 0 aromatic carbocycles. The Morgan fingerprint density at radius 1 is 1.55 bits per heavy atom. The molecule has 0 spiro atoms. The summed E-state index contributed by atoms with van der Waals surface area (Å²) in [5.74, 6) is -1.16. The largest absolute Gasteiger partial charge is 0.479 e. The van der Waals surface area contributed by atoms with Crippen molar-refractivity contribution in [1.82, 2.24) is 4.90 Å². The molecular weight excluding hydrogens is 278 g/mol. The van der Waals surface area contributed by atoms with Gasteiger partial charge in [0.25, 0.3) is 0 Å². The van der Waals surface area contributed by atoms with E-state index in [2.05, 4.69) is 0 Å². The number of aryl methyl sites for hydroxylation is 2. The third kappa shape index (κ3) is 2.71. The van der Waals surface area contributed by atoms with Crippen LogP contribution in [0.3, 0.4) is 0 Å². The number of rotatable bonds is 4. The van der Waals surface area contributed by atoms with Crippen LogP contribution >= 0.6 is 11.3 Å². The quantitative estimate of drug-likeness (QED) is 0.924. The molecule has 2 unspecified atom stereocenters. The number of aliphatic carboxylic acids is 1. The average Bonchev–Trinajstić information content (AvgIpc) is 2.70. The van der Waals surface area contributed by atoms with Crippen molar-refractivity contribution < 1.29 is 19.4 Å². The zero-order valence-electron chi connectivity index (χ0n) is 11.9. The van der Waals surface area contributed by atoms with Gasteiger partial charge in [0.2, 0.25) is 5.91 Å². The van der Waals surface area contributed by atoms with Gasteiger partial charge in [-0.3, -0.25) is 4.79 Å². The Balaban J connectivity index is 2.45. The van der Waals surface area contributed by atoms with Gasteiger partial charge in [-0.1, -0.05) is 6.92 Å². The Labute approximate surface area is 122 Å². The van der Waals surface area contributed by atoms with E-state index in [1.807, 2.05) is 26.8 Å². The fourth-order valence-electron chi connectivity index (χ4n) is 2.64. The lowest BCUT2D eigenvalue weighted by molar-refractivity contribution is -0.173. The predicted octanol–water partition coefficient (Wildman–Crippen LogP) is 2.13. The summed E-state index contributed by atoms with van der Waals surface area (Å²) >= 11 is 1.61. The third-order valence-electron chi connectivity index (χ3n) is 3.44. The van der Waals surface area contributed by atoms with Crippen LogP contribution in [0.1, 0.15) is 34.7 Å². The average molecular weight is 297 g/mol. The van der Waals surface area contributed by atoms with E-state index in [9.17, 15) is 14.7 Å². The van der Waals surface area contributed by atoms with Crippen molar-refractivity contribution in [1.29, 1.82) is 0 Å². The topological polar surface area (TPSA) is 66.8 Å². The molecule has 1 saturated heterocycles. The lowest BCUT2D eigenvalue weighted by Crippen LogP contribution is -2.52. The Hall–Kier alpha value is -1.40. The van der Waals surface area contributed by atoms with Crippen molar-refractivity contribution in [3.8, 4) is 0 Å². The van der Waals surface area contributed by atoms with Gasteiger partial charge in [-0.05, 0) is 31.9 Å². The molecule has 1 fully saturated rings. The zero-order valence-corrected chi connectivity index (χ0v) is 12.7. The number of carboxylic acids is 1. The SMILES string of the molecule is CCCN1C(=O)COC(C(=O)O)C1c1cc(C)sc1C. The first-order valence-electron chi connectivity index (χ1n) is 6.66. The molecule has 5 nitrogen and oxygen atoms in total. The van der Waals surface area contributed by atoms with Crippen LogP contribution in [0.2, 0.25) is 0 Å². The maximum Gasteiger partial charge on any atom is 0.335 e. The Morgan fingerprint density at radius 3 is 2.75 bits per heavy atom. The number of ether oxygens (including phenoxy) is 1. The van der Waals surface area contributed by atoms with Crippen LogP contribution in [0, 0.1) is 13.8 Å². The van der Waals surface area contributed by atoms with E-state index in [0.29, 0.717) is 6.54 Å². The molecule has 2 heterocycles. The number of carbonyl (C=O) groups excluding carboxylic acids is 1. The summed E-state index contributed by atoms with van der Waals surface area (Å²) in [6.07, 6.45) is -0.205. The summed E-state index contributed by atoms with van der Waals surface area (Å²) in [7, 11) is 0. The van der Waals surface area contributed by atoms with E-state index < -0.39 is 18.1 Å². The van der Waals surface area contributed by atoms with Crippen LogP contribution in [0.5, 0.6) is 0 Å². The first kappa shape index (κ1) is 15.0. The molecule has 2 rings (SSSR count). The standard InChI is InChI=1S/C14H19NO4S/c1-4-5-15-11(16)7-19-13(14(17)18)12(15)10-6-8(2)20-9(10)3/h6,12-13H,4-5,7H2,1-3H3,(H,17,18). The molecule has 1 aromatic heterocycles. The first-order valence-corrected chi connectivity index (χ1v) is 7.48. The number of nitrogens with zero attached hydrogens (tertiary/aromatic N) is 1. The lowest BCUT2D eigenvalue weighted by atomic mass is 9.98. The number of morpholine rings is 1. The molecule has 1 N–H and O–H groups in total. The molecule has 0 bridgehead atoms. The highest BCUT2D eigenvalue weighted by Crippen LogP contribution is 2.36. The summed E-state index contributed by atoms with van der Waals surface area (Å²) in [4.78, 5) is 27.3. The van der Waals surface area contributed by atoms with E-state index >= 15 is 0 Å². The van der Waals surface area contributed by atoms with Gasteiger partial charge in [0.1, 0.15) is 6.61 Å². The van der Waals surface area contributed by atoms with Crippen molar-refractivity contribution in [2.24, 2.45) is 0 Å². The molecule has 0 radical (unpaired) electrons. The van der Waals surface area contributed by atoms with Crippen LogP contribution < -0.4 is 0 Å². The van der Waals surface area contributed by atoms with Crippen molar-refractivity contribution in [3.63, 3.8) is 0 Å². The molecule has 2 atom stereocenters. The van der Waals surface area contributed by atoms with Gasteiger partial charge in [0, 0.05) is 16.3 Å². The van der Waals surface area contributed by atoms with Crippen molar-refractivity contribution in [2.75, 3.05) is 13.2 Å². The summed E-state index contributed by atoms with van der Waals surface area (Å²) in [6, 6.07) is 1.43. The van der Waals surface area contributed by atoms with Crippen LogP contribution in [-0.4, -0.2) is 41.1 Å². The molecule has 1 aliphatic heterocycles. The normalized spacial score (nSPS) is 23.1. The molecule has 1 aromatic rings. The molecule has 110 valence electrons. The molecule has 6 heteroatoms. The van der Waals surface area contributed by atoms with E-state index in [4.69, 9.17) is 4.74 Å². The highest BCUT2D eigenvalue weighted by molar-refractivity contribution is 7.12. The monoisotopic (exact) mass is 297 g/mol. The van der Waals surface area contributed by atoms with Gasteiger partial charge in [-0.25, -0.2) is 4.79 Å².